The highest BCUT2D eigenvalue weighted by Crippen LogP contribution is 2.17. The molecule has 1 N–H and O–H groups in total. The van der Waals surface area contributed by atoms with Crippen molar-refractivity contribution in [2.45, 2.75) is 6.42 Å². The zero-order chi connectivity index (χ0) is 19.9. The Balaban J connectivity index is 1.53. The normalized spacial score (nSPS) is 13.8. The lowest BCUT2D eigenvalue weighted by Gasteiger charge is -2.35. The van der Waals surface area contributed by atoms with Crippen molar-refractivity contribution in [1.29, 1.82) is 0 Å². The predicted molar refractivity (Wildman–Crippen MR) is 104 cm³/mol. The number of carbonyl (C=O) groups excluding carboxylic acids is 3. The molecular formula is C20H22N4O4. The molecule has 2 aromatic rings. The number of pyridine rings is 1. The quantitative estimate of drug-likeness (QED) is 0.623. The van der Waals surface area contributed by atoms with E-state index < -0.39 is 11.9 Å². The molecule has 0 unspecified atom stereocenters. The van der Waals surface area contributed by atoms with Gasteiger partial charge in [0.05, 0.1) is 18.4 Å². The zero-order valence-corrected chi connectivity index (χ0v) is 15.6. The van der Waals surface area contributed by atoms with E-state index >= 15 is 0 Å². The molecule has 8 nitrogen and oxygen atoms in total. The van der Waals surface area contributed by atoms with Gasteiger partial charge in [0.1, 0.15) is 12.2 Å². The molecule has 3 rings (SSSR count). The molecule has 1 aliphatic rings. The fourth-order valence-electron chi connectivity index (χ4n) is 3.05. The number of esters is 1. The largest absolute Gasteiger partial charge is 0.465 e. The van der Waals surface area contributed by atoms with Crippen LogP contribution in [0, 0.1) is 0 Å². The van der Waals surface area contributed by atoms with E-state index in [1.165, 1.54) is 7.11 Å². The third-order valence-electron chi connectivity index (χ3n) is 4.52. The zero-order valence-electron chi connectivity index (χ0n) is 15.6. The number of amides is 2. The van der Waals surface area contributed by atoms with Gasteiger partial charge < -0.3 is 19.9 Å². The van der Waals surface area contributed by atoms with Crippen LogP contribution in [0.4, 0.5) is 11.5 Å². The Morgan fingerprint density at radius 1 is 1.04 bits per heavy atom. The van der Waals surface area contributed by atoms with Crippen molar-refractivity contribution < 1.29 is 19.1 Å². The molecule has 0 bridgehead atoms. The van der Waals surface area contributed by atoms with Crippen LogP contribution in [-0.4, -0.2) is 61.0 Å². The van der Waals surface area contributed by atoms with Gasteiger partial charge in [0.2, 0.25) is 11.8 Å². The molecule has 1 saturated heterocycles. The van der Waals surface area contributed by atoms with Gasteiger partial charge in [-0.2, -0.15) is 0 Å². The number of nitrogens with zero attached hydrogens (tertiary/aromatic N) is 3. The third kappa shape index (κ3) is 4.64. The number of piperazine rings is 1. The highest BCUT2D eigenvalue weighted by molar-refractivity contribution is 6.06. The second kappa shape index (κ2) is 8.98. The summed E-state index contributed by atoms with van der Waals surface area (Å²) in [4.78, 5) is 44.6. The maximum atomic E-state index is 12.5. The SMILES string of the molecule is COC(=O)c1ccccc1NC(=O)CC(=O)N1CCN(c2ccccn2)CC1. The number of benzene rings is 1. The molecule has 28 heavy (non-hydrogen) atoms. The second-order valence-corrected chi connectivity index (χ2v) is 6.32. The van der Waals surface area contributed by atoms with Crippen molar-refractivity contribution in [3.05, 3.63) is 54.2 Å². The van der Waals surface area contributed by atoms with Crippen molar-refractivity contribution in [1.82, 2.24) is 9.88 Å². The maximum absolute atomic E-state index is 12.5. The van der Waals surface area contributed by atoms with Crippen molar-refractivity contribution in [2.75, 3.05) is 43.5 Å². The maximum Gasteiger partial charge on any atom is 0.339 e. The smallest absolute Gasteiger partial charge is 0.339 e. The van der Waals surface area contributed by atoms with Gasteiger partial charge in [0.15, 0.2) is 0 Å². The lowest BCUT2D eigenvalue weighted by Crippen LogP contribution is -2.49. The Morgan fingerprint density at radius 2 is 1.75 bits per heavy atom. The molecule has 2 amide bonds. The number of hydrogen-bond acceptors (Lipinski definition) is 6. The topological polar surface area (TPSA) is 91.8 Å². The van der Waals surface area contributed by atoms with Crippen LogP contribution in [0.15, 0.2) is 48.7 Å². The minimum atomic E-state index is -0.548. The predicted octanol–water partition coefficient (Wildman–Crippen LogP) is 1.55. The van der Waals surface area contributed by atoms with Crippen LogP contribution in [0.5, 0.6) is 0 Å². The molecule has 2 heterocycles. The van der Waals surface area contributed by atoms with E-state index in [0.717, 1.165) is 5.82 Å². The number of methoxy groups -OCH3 is 1. The molecule has 0 aliphatic carbocycles. The summed E-state index contributed by atoms with van der Waals surface area (Å²) in [5.41, 5.74) is 0.571. The molecule has 8 heteroatoms. The molecule has 1 aromatic carbocycles. The molecule has 0 saturated carbocycles. The lowest BCUT2D eigenvalue weighted by atomic mass is 10.1. The number of ether oxygens (including phenoxy) is 1. The van der Waals surface area contributed by atoms with Crippen LogP contribution >= 0.6 is 0 Å². The summed E-state index contributed by atoms with van der Waals surface area (Å²) in [6, 6.07) is 12.2. The van der Waals surface area contributed by atoms with Gasteiger partial charge in [-0.15, -0.1) is 0 Å². The Bertz CT molecular complexity index is 848. The Kier molecular flexibility index (Phi) is 6.21. The first-order valence-electron chi connectivity index (χ1n) is 8.99. The van der Waals surface area contributed by atoms with E-state index in [4.69, 9.17) is 4.74 Å². The van der Waals surface area contributed by atoms with E-state index in [0.29, 0.717) is 31.9 Å². The number of nitrogens with one attached hydrogen (secondary N) is 1. The number of rotatable bonds is 5. The standard InChI is InChI=1S/C20H22N4O4/c1-28-20(27)15-6-2-3-7-16(15)22-18(25)14-19(26)24-12-10-23(11-13-24)17-8-4-5-9-21-17/h2-9H,10-14H2,1H3,(H,22,25). The number of carbonyl (C=O) groups is 3. The first-order chi connectivity index (χ1) is 13.6. The highest BCUT2D eigenvalue weighted by Gasteiger charge is 2.24. The van der Waals surface area contributed by atoms with Gasteiger partial charge >= 0.3 is 5.97 Å². The Labute approximate surface area is 163 Å². The van der Waals surface area contributed by atoms with E-state index in [-0.39, 0.29) is 17.9 Å². The molecule has 146 valence electrons. The number of para-hydroxylation sites is 1. The average Bonchev–Trinajstić information content (AvgIpc) is 2.74. The minimum absolute atomic E-state index is 0.242. The van der Waals surface area contributed by atoms with Gasteiger partial charge in [-0.1, -0.05) is 18.2 Å². The second-order valence-electron chi connectivity index (χ2n) is 6.32. The number of anilines is 2. The summed E-state index contributed by atoms with van der Waals surface area (Å²) in [5.74, 6) is -0.373. The van der Waals surface area contributed by atoms with Crippen LogP contribution < -0.4 is 10.2 Å². The number of hydrogen-bond donors (Lipinski definition) is 1. The summed E-state index contributed by atoms with van der Waals surface area (Å²) < 4.78 is 4.71. The van der Waals surface area contributed by atoms with Gasteiger partial charge in [-0.05, 0) is 24.3 Å². The monoisotopic (exact) mass is 382 g/mol. The van der Waals surface area contributed by atoms with Crippen LogP contribution in [0.2, 0.25) is 0 Å². The molecule has 0 atom stereocenters. The van der Waals surface area contributed by atoms with Crippen molar-refractivity contribution in [2.24, 2.45) is 0 Å². The third-order valence-corrected chi connectivity index (χ3v) is 4.52. The summed E-state index contributed by atoms with van der Waals surface area (Å²) in [6.45, 7) is 2.38. The molecule has 0 spiro atoms. The van der Waals surface area contributed by atoms with Gasteiger partial charge in [-0.3, -0.25) is 9.59 Å². The van der Waals surface area contributed by atoms with E-state index in [2.05, 4.69) is 15.2 Å². The van der Waals surface area contributed by atoms with Gasteiger partial charge in [0.25, 0.3) is 0 Å². The summed E-state index contributed by atoms with van der Waals surface area (Å²) in [6.07, 6.45) is 1.46. The van der Waals surface area contributed by atoms with Crippen LogP contribution in [0.3, 0.4) is 0 Å². The Morgan fingerprint density at radius 3 is 2.43 bits per heavy atom. The van der Waals surface area contributed by atoms with Crippen LogP contribution in [0.25, 0.3) is 0 Å². The Hall–Kier alpha value is -3.42. The fraction of sp³-hybridized carbons (Fsp3) is 0.300. The molecule has 1 aromatic heterocycles. The van der Waals surface area contributed by atoms with Crippen molar-refractivity contribution in [3.63, 3.8) is 0 Å². The number of aromatic nitrogens is 1. The summed E-state index contributed by atoms with van der Waals surface area (Å²) in [5, 5.41) is 2.62. The molecule has 0 radical (unpaired) electrons. The highest BCUT2D eigenvalue weighted by atomic mass is 16.5. The molecule has 1 aliphatic heterocycles. The summed E-state index contributed by atoms with van der Waals surface area (Å²) in [7, 11) is 1.27. The fourth-order valence-corrected chi connectivity index (χ4v) is 3.05. The first kappa shape index (κ1) is 19.3. The first-order valence-corrected chi connectivity index (χ1v) is 8.99. The summed E-state index contributed by atoms with van der Waals surface area (Å²) >= 11 is 0. The van der Waals surface area contributed by atoms with Crippen LogP contribution in [-0.2, 0) is 14.3 Å². The van der Waals surface area contributed by atoms with E-state index in [9.17, 15) is 14.4 Å². The van der Waals surface area contributed by atoms with Gasteiger partial charge in [-0.25, -0.2) is 9.78 Å². The van der Waals surface area contributed by atoms with E-state index in [1.54, 1.807) is 35.4 Å². The average molecular weight is 382 g/mol. The van der Waals surface area contributed by atoms with Crippen molar-refractivity contribution >= 4 is 29.3 Å². The lowest BCUT2D eigenvalue weighted by molar-refractivity contribution is -0.134. The van der Waals surface area contributed by atoms with Gasteiger partial charge in [0, 0.05) is 32.4 Å². The molecule has 1 fully saturated rings. The minimum Gasteiger partial charge on any atom is -0.465 e. The van der Waals surface area contributed by atoms with Crippen LogP contribution in [0.1, 0.15) is 16.8 Å². The van der Waals surface area contributed by atoms with E-state index in [1.807, 2.05) is 18.2 Å². The molecular weight excluding hydrogens is 360 g/mol. The van der Waals surface area contributed by atoms with Crippen molar-refractivity contribution in [3.8, 4) is 0 Å².